The molecule has 236 valence electrons. The summed E-state index contributed by atoms with van der Waals surface area (Å²) >= 11 is 0. The molecule has 0 heterocycles. The van der Waals surface area contributed by atoms with Gasteiger partial charge >= 0.3 is 0 Å². The summed E-state index contributed by atoms with van der Waals surface area (Å²) in [6.07, 6.45) is 11.9. The molecule has 0 bridgehead atoms. The summed E-state index contributed by atoms with van der Waals surface area (Å²) in [4.78, 5) is 4.70. The number of benzene rings is 7. The van der Waals surface area contributed by atoms with E-state index in [1.165, 1.54) is 38.4 Å². The molecule has 2 heteroatoms. The minimum absolute atomic E-state index is 0.737. The van der Waals surface area contributed by atoms with Crippen LogP contribution in [0.2, 0.25) is 0 Å². The molecule has 7 aromatic carbocycles. The third kappa shape index (κ3) is 6.72. The van der Waals surface area contributed by atoms with Crippen molar-refractivity contribution in [2.45, 2.75) is 0 Å². The molecule has 0 amide bonds. The first-order chi connectivity index (χ1) is 24.2. The molecule has 2 nitrogen and oxygen atoms in total. The number of allylic oxidation sites excluding steroid dienone is 4. The summed E-state index contributed by atoms with van der Waals surface area (Å²) in [7, 11) is 0. The van der Waals surface area contributed by atoms with Crippen molar-refractivity contribution < 1.29 is 0 Å². The normalized spacial score (nSPS) is 11.3. The lowest BCUT2D eigenvalue weighted by molar-refractivity contribution is 1.10. The van der Waals surface area contributed by atoms with Crippen molar-refractivity contribution in [1.82, 2.24) is 0 Å². The van der Waals surface area contributed by atoms with Gasteiger partial charge in [0.1, 0.15) is 0 Å². The van der Waals surface area contributed by atoms with E-state index in [9.17, 15) is 0 Å². The summed E-state index contributed by atoms with van der Waals surface area (Å²) in [5.41, 5.74) is 9.10. The minimum atomic E-state index is 0.737. The van der Waals surface area contributed by atoms with Crippen LogP contribution in [0.1, 0.15) is 5.56 Å². The molecule has 0 atom stereocenters. The lowest BCUT2D eigenvalue weighted by Gasteiger charge is -2.27. The summed E-state index contributed by atoms with van der Waals surface area (Å²) in [5, 5.41) is 4.88. The Morgan fingerprint density at radius 2 is 0.959 bits per heavy atom. The Labute approximate surface area is 289 Å². The quantitative estimate of drug-likeness (QED) is 0.131. The standard InChI is InChI=1S/C47H38N2/c1-3-5-6-7-12-35-48(46-21-13-17-39-15-8-10-19-44(39)46)41-31-25-37(26-32-41)38-27-33-43(34-28-38)49(42-29-23-36(4-2)24-30-42)47-22-14-18-40-16-9-11-20-45(40)47/h3-34H,1-2,35H2/b6-5-,12-7-. The number of anilines is 5. The summed E-state index contributed by atoms with van der Waals surface area (Å²) < 4.78 is 0. The molecule has 0 fully saturated rings. The van der Waals surface area contributed by atoms with Gasteiger partial charge in [0.25, 0.3) is 0 Å². The largest absolute Gasteiger partial charge is 0.337 e. The van der Waals surface area contributed by atoms with Crippen LogP contribution >= 0.6 is 0 Å². The average molecular weight is 631 g/mol. The van der Waals surface area contributed by atoms with Crippen LogP contribution in [0, 0.1) is 0 Å². The molecule has 0 aliphatic carbocycles. The highest BCUT2D eigenvalue weighted by Gasteiger charge is 2.16. The molecular formula is C47H38N2. The van der Waals surface area contributed by atoms with Crippen molar-refractivity contribution in [2.75, 3.05) is 16.3 Å². The first kappa shape index (κ1) is 31.2. The van der Waals surface area contributed by atoms with E-state index in [1.807, 2.05) is 18.2 Å². The van der Waals surface area contributed by atoms with Crippen molar-refractivity contribution >= 4 is 56.1 Å². The maximum absolute atomic E-state index is 3.94. The predicted octanol–water partition coefficient (Wildman–Crippen LogP) is 13.2. The molecule has 0 saturated carbocycles. The molecule has 0 aromatic heterocycles. The fourth-order valence-electron chi connectivity index (χ4n) is 6.40. The van der Waals surface area contributed by atoms with E-state index in [4.69, 9.17) is 0 Å². The van der Waals surface area contributed by atoms with Gasteiger partial charge in [-0.15, -0.1) is 0 Å². The molecule has 0 aliphatic heterocycles. The topological polar surface area (TPSA) is 6.48 Å². The summed E-state index contributed by atoms with van der Waals surface area (Å²) in [5.74, 6) is 0. The fraction of sp³-hybridized carbons (Fsp3) is 0.0213. The number of hydrogen-bond donors (Lipinski definition) is 0. The Balaban J connectivity index is 1.22. The number of rotatable bonds is 11. The van der Waals surface area contributed by atoms with Gasteiger partial charge < -0.3 is 9.80 Å². The van der Waals surface area contributed by atoms with Crippen LogP contribution in [-0.4, -0.2) is 6.54 Å². The first-order valence-corrected chi connectivity index (χ1v) is 16.6. The highest BCUT2D eigenvalue weighted by molar-refractivity contribution is 5.99. The maximum atomic E-state index is 3.94. The van der Waals surface area contributed by atoms with Gasteiger partial charge in [0, 0.05) is 40.1 Å². The number of nitrogens with zero attached hydrogens (tertiary/aromatic N) is 2. The van der Waals surface area contributed by atoms with Gasteiger partial charge in [-0.1, -0.05) is 159 Å². The van der Waals surface area contributed by atoms with Crippen molar-refractivity contribution in [1.29, 1.82) is 0 Å². The molecule has 7 aromatic rings. The van der Waals surface area contributed by atoms with E-state index in [-0.39, 0.29) is 0 Å². The lowest BCUT2D eigenvalue weighted by Crippen LogP contribution is -2.17. The third-order valence-corrected chi connectivity index (χ3v) is 8.87. The van der Waals surface area contributed by atoms with E-state index in [2.05, 4.69) is 193 Å². The second-order valence-corrected chi connectivity index (χ2v) is 11.9. The van der Waals surface area contributed by atoms with Crippen LogP contribution in [0.4, 0.5) is 28.4 Å². The van der Waals surface area contributed by atoms with E-state index >= 15 is 0 Å². The van der Waals surface area contributed by atoms with Crippen molar-refractivity contribution in [2.24, 2.45) is 0 Å². The Morgan fingerprint density at radius 3 is 1.55 bits per heavy atom. The Kier molecular flexibility index (Phi) is 9.30. The van der Waals surface area contributed by atoms with Crippen LogP contribution in [-0.2, 0) is 0 Å². The lowest BCUT2D eigenvalue weighted by atomic mass is 10.0. The van der Waals surface area contributed by atoms with Gasteiger partial charge in [0.15, 0.2) is 0 Å². The van der Waals surface area contributed by atoms with Crippen LogP contribution in [0.5, 0.6) is 0 Å². The Bertz CT molecular complexity index is 2260. The number of fused-ring (bicyclic) bond motifs is 2. The highest BCUT2D eigenvalue weighted by atomic mass is 15.1. The first-order valence-electron chi connectivity index (χ1n) is 16.6. The van der Waals surface area contributed by atoms with Crippen LogP contribution < -0.4 is 9.80 Å². The van der Waals surface area contributed by atoms with Crippen LogP contribution in [0.25, 0.3) is 38.7 Å². The SMILES string of the molecule is C=C/C=C\C=C/CN(c1ccc(-c2ccc(N(c3ccc(C=C)cc3)c3cccc4ccccc34)cc2)cc1)c1cccc2ccccc12. The molecule has 0 unspecified atom stereocenters. The smallest absolute Gasteiger partial charge is 0.0540 e. The second kappa shape index (κ2) is 14.6. The average Bonchev–Trinajstić information content (AvgIpc) is 3.17. The molecule has 0 radical (unpaired) electrons. The van der Waals surface area contributed by atoms with Crippen molar-refractivity contribution in [3.05, 3.63) is 207 Å². The second-order valence-electron chi connectivity index (χ2n) is 11.9. The fourth-order valence-corrected chi connectivity index (χ4v) is 6.40. The molecule has 0 N–H and O–H groups in total. The molecule has 0 spiro atoms. The predicted molar refractivity (Wildman–Crippen MR) is 214 cm³/mol. The Hall–Kier alpha value is -6.38. The zero-order chi connectivity index (χ0) is 33.4. The van der Waals surface area contributed by atoms with E-state index in [0.29, 0.717) is 0 Å². The zero-order valence-corrected chi connectivity index (χ0v) is 27.5. The van der Waals surface area contributed by atoms with Gasteiger partial charge in [-0.05, 0) is 76.0 Å². The van der Waals surface area contributed by atoms with Gasteiger partial charge in [0.2, 0.25) is 0 Å². The maximum Gasteiger partial charge on any atom is 0.0540 e. The minimum Gasteiger partial charge on any atom is -0.337 e. The van der Waals surface area contributed by atoms with Gasteiger partial charge in [-0.25, -0.2) is 0 Å². The third-order valence-electron chi connectivity index (χ3n) is 8.87. The number of hydrogen-bond acceptors (Lipinski definition) is 2. The van der Waals surface area contributed by atoms with Gasteiger partial charge in [-0.3, -0.25) is 0 Å². The molecule has 0 aliphatic rings. The monoisotopic (exact) mass is 630 g/mol. The van der Waals surface area contributed by atoms with E-state index in [1.54, 1.807) is 6.08 Å². The van der Waals surface area contributed by atoms with Crippen molar-refractivity contribution in [3.8, 4) is 11.1 Å². The molecule has 49 heavy (non-hydrogen) atoms. The van der Waals surface area contributed by atoms with E-state index < -0.39 is 0 Å². The van der Waals surface area contributed by atoms with E-state index in [0.717, 1.165) is 34.9 Å². The highest BCUT2D eigenvalue weighted by Crippen LogP contribution is 2.40. The van der Waals surface area contributed by atoms with Crippen LogP contribution in [0.15, 0.2) is 201 Å². The molecular weight excluding hydrogens is 593 g/mol. The Morgan fingerprint density at radius 1 is 0.449 bits per heavy atom. The summed E-state index contributed by atoms with van der Waals surface area (Å²) in [6.45, 7) is 8.46. The van der Waals surface area contributed by atoms with Crippen LogP contribution in [0.3, 0.4) is 0 Å². The summed E-state index contributed by atoms with van der Waals surface area (Å²) in [6, 6.07) is 56.5. The zero-order valence-electron chi connectivity index (χ0n) is 27.5. The van der Waals surface area contributed by atoms with Gasteiger partial charge in [-0.2, -0.15) is 0 Å². The molecule has 0 saturated heterocycles. The molecule has 7 rings (SSSR count). The van der Waals surface area contributed by atoms with Crippen molar-refractivity contribution in [3.63, 3.8) is 0 Å². The van der Waals surface area contributed by atoms with Gasteiger partial charge in [0.05, 0.1) is 5.69 Å².